The van der Waals surface area contributed by atoms with Crippen molar-refractivity contribution in [1.82, 2.24) is 14.1 Å². The first-order valence-corrected chi connectivity index (χ1v) is 12.9. The van der Waals surface area contributed by atoms with Crippen LogP contribution in [0.4, 0.5) is 10.5 Å². The predicted molar refractivity (Wildman–Crippen MR) is 118 cm³/mol. The number of carbonyl (C=O) groups excluding carboxylic acids is 1. The molecule has 4 rings (SSSR count). The number of benzene rings is 1. The molecule has 0 unspecified atom stereocenters. The summed E-state index contributed by atoms with van der Waals surface area (Å²) in [7, 11) is -3.46. The van der Waals surface area contributed by atoms with Gasteiger partial charge >= 0.3 is 6.03 Å². The third-order valence-corrected chi connectivity index (χ3v) is 8.66. The van der Waals surface area contributed by atoms with E-state index in [0.717, 1.165) is 51.9 Å². The number of nitrogens with one attached hydrogen (secondary N) is 1. The second-order valence-electron chi connectivity index (χ2n) is 8.73. The zero-order valence-electron chi connectivity index (χ0n) is 17.8. The van der Waals surface area contributed by atoms with Crippen LogP contribution in [0.2, 0.25) is 0 Å². The van der Waals surface area contributed by atoms with Crippen molar-refractivity contribution < 1.29 is 13.2 Å². The van der Waals surface area contributed by atoms with Crippen molar-refractivity contribution in [2.45, 2.75) is 62.3 Å². The third-order valence-electron chi connectivity index (χ3n) is 6.75. The molecule has 1 N–H and O–H groups in total. The van der Waals surface area contributed by atoms with E-state index in [4.69, 9.17) is 0 Å². The predicted octanol–water partition coefficient (Wildman–Crippen LogP) is 3.34. The second-order valence-corrected chi connectivity index (χ2v) is 10.7. The lowest BCUT2D eigenvalue weighted by Gasteiger charge is -2.38. The fourth-order valence-corrected chi connectivity index (χ4v) is 6.42. The molecule has 1 saturated carbocycles. The smallest absolute Gasteiger partial charge is 0.321 e. The number of nitrogens with zero attached hydrogens (tertiary/aromatic N) is 3. The molecule has 1 aliphatic carbocycles. The maximum atomic E-state index is 12.9. The zero-order valence-corrected chi connectivity index (χ0v) is 18.6. The van der Waals surface area contributed by atoms with Crippen molar-refractivity contribution in [2.75, 3.05) is 44.6 Å². The van der Waals surface area contributed by atoms with Gasteiger partial charge in [-0.3, -0.25) is 4.90 Å². The average Bonchev–Trinajstić information content (AvgIpc) is 3.16. The van der Waals surface area contributed by atoms with Gasteiger partial charge in [0, 0.05) is 51.0 Å². The standard InChI is InChI=1S/C22H34N4O3S/c27-22(25-17-15-24(16-18-25)20-7-3-4-8-20)23-19-9-11-21(12-10-19)30(28,29)26-13-5-1-2-6-14-26/h9-12,20H,1-8,13-18H2,(H,23,27). The topological polar surface area (TPSA) is 73.0 Å². The summed E-state index contributed by atoms with van der Waals surface area (Å²) in [6, 6.07) is 7.19. The molecule has 0 bridgehead atoms. The Morgan fingerprint density at radius 1 is 0.800 bits per heavy atom. The lowest BCUT2D eigenvalue weighted by atomic mass is 10.2. The first-order valence-electron chi connectivity index (χ1n) is 11.4. The maximum Gasteiger partial charge on any atom is 0.321 e. The van der Waals surface area contributed by atoms with Gasteiger partial charge in [-0.05, 0) is 49.9 Å². The van der Waals surface area contributed by atoms with Crippen LogP contribution in [0.1, 0.15) is 51.4 Å². The molecule has 1 aromatic carbocycles. The van der Waals surface area contributed by atoms with E-state index in [1.54, 1.807) is 28.6 Å². The van der Waals surface area contributed by atoms with Crippen molar-refractivity contribution in [3.63, 3.8) is 0 Å². The van der Waals surface area contributed by atoms with Crippen LogP contribution < -0.4 is 5.32 Å². The highest BCUT2D eigenvalue weighted by atomic mass is 32.2. The Hall–Kier alpha value is -1.64. The molecule has 2 aliphatic heterocycles. The number of urea groups is 1. The fraction of sp³-hybridized carbons (Fsp3) is 0.682. The molecule has 2 heterocycles. The molecule has 1 aromatic rings. The van der Waals surface area contributed by atoms with Crippen molar-refractivity contribution in [1.29, 1.82) is 0 Å². The van der Waals surface area contributed by atoms with Gasteiger partial charge in [0.05, 0.1) is 4.90 Å². The second kappa shape index (κ2) is 9.66. The molecule has 8 heteroatoms. The summed E-state index contributed by atoms with van der Waals surface area (Å²) in [5.41, 5.74) is 0.632. The summed E-state index contributed by atoms with van der Waals surface area (Å²) in [6.07, 6.45) is 9.25. The number of piperazine rings is 1. The number of sulfonamides is 1. The van der Waals surface area contributed by atoms with E-state index in [2.05, 4.69) is 10.2 Å². The van der Waals surface area contributed by atoms with Crippen LogP contribution in [0.5, 0.6) is 0 Å². The highest BCUT2D eigenvalue weighted by Crippen LogP contribution is 2.25. The van der Waals surface area contributed by atoms with Crippen LogP contribution >= 0.6 is 0 Å². The van der Waals surface area contributed by atoms with E-state index < -0.39 is 10.0 Å². The van der Waals surface area contributed by atoms with Crippen molar-refractivity contribution in [3.05, 3.63) is 24.3 Å². The number of hydrogen-bond acceptors (Lipinski definition) is 4. The number of amides is 2. The molecule has 7 nitrogen and oxygen atoms in total. The maximum absolute atomic E-state index is 12.9. The number of anilines is 1. The SMILES string of the molecule is O=C(Nc1ccc(S(=O)(=O)N2CCCCCC2)cc1)N1CCN(C2CCCC2)CC1. The summed E-state index contributed by atoms with van der Waals surface area (Å²) in [4.78, 5) is 17.3. The van der Waals surface area contributed by atoms with Gasteiger partial charge in [-0.25, -0.2) is 13.2 Å². The molecule has 2 amide bonds. The zero-order chi connectivity index (χ0) is 21.0. The molecule has 0 atom stereocenters. The van der Waals surface area contributed by atoms with Gasteiger partial charge in [0.1, 0.15) is 0 Å². The molecule has 3 fully saturated rings. The van der Waals surface area contributed by atoms with E-state index in [0.29, 0.717) is 29.7 Å². The van der Waals surface area contributed by atoms with Crippen molar-refractivity contribution in [2.24, 2.45) is 0 Å². The Kier molecular flexibility index (Phi) is 6.95. The molecule has 166 valence electrons. The number of carbonyl (C=O) groups is 1. The van der Waals surface area contributed by atoms with Gasteiger partial charge in [-0.15, -0.1) is 0 Å². The molecule has 2 saturated heterocycles. The number of rotatable bonds is 4. The van der Waals surface area contributed by atoms with Crippen LogP contribution in [0.3, 0.4) is 0 Å². The lowest BCUT2D eigenvalue weighted by molar-refractivity contribution is 0.115. The highest BCUT2D eigenvalue weighted by Gasteiger charge is 2.28. The molecule has 0 aromatic heterocycles. The summed E-state index contributed by atoms with van der Waals surface area (Å²) in [5, 5.41) is 2.92. The van der Waals surface area contributed by atoms with E-state index in [1.165, 1.54) is 25.7 Å². The van der Waals surface area contributed by atoms with Gasteiger partial charge in [-0.1, -0.05) is 25.7 Å². The van der Waals surface area contributed by atoms with Crippen LogP contribution in [0.15, 0.2) is 29.2 Å². The Balaban J connectivity index is 1.31. The van der Waals surface area contributed by atoms with E-state index in [1.807, 2.05) is 4.90 Å². The summed E-state index contributed by atoms with van der Waals surface area (Å²) < 4.78 is 27.4. The highest BCUT2D eigenvalue weighted by molar-refractivity contribution is 7.89. The van der Waals surface area contributed by atoms with Crippen LogP contribution in [0.25, 0.3) is 0 Å². The molecule has 30 heavy (non-hydrogen) atoms. The Morgan fingerprint density at radius 2 is 1.40 bits per heavy atom. The van der Waals surface area contributed by atoms with Gasteiger partial charge in [0.15, 0.2) is 0 Å². The minimum Gasteiger partial charge on any atom is -0.322 e. The van der Waals surface area contributed by atoms with Gasteiger partial charge < -0.3 is 10.2 Å². The minimum atomic E-state index is -3.46. The Morgan fingerprint density at radius 3 is 2.00 bits per heavy atom. The van der Waals surface area contributed by atoms with E-state index in [9.17, 15) is 13.2 Å². The molecule has 0 spiro atoms. The van der Waals surface area contributed by atoms with E-state index in [-0.39, 0.29) is 6.03 Å². The summed E-state index contributed by atoms with van der Waals surface area (Å²) in [6.45, 7) is 4.53. The quantitative estimate of drug-likeness (QED) is 0.789. The Labute approximate surface area is 180 Å². The van der Waals surface area contributed by atoms with Crippen LogP contribution in [-0.4, -0.2) is 73.9 Å². The largest absolute Gasteiger partial charge is 0.322 e. The third kappa shape index (κ3) is 4.98. The van der Waals surface area contributed by atoms with Gasteiger partial charge in [-0.2, -0.15) is 4.31 Å². The molecule has 0 radical (unpaired) electrons. The van der Waals surface area contributed by atoms with Crippen molar-refractivity contribution >= 4 is 21.7 Å². The fourth-order valence-electron chi connectivity index (χ4n) is 4.90. The normalized spacial score (nSPS) is 22.7. The summed E-state index contributed by atoms with van der Waals surface area (Å²) in [5.74, 6) is 0. The first-order chi connectivity index (χ1) is 14.5. The molecular formula is C22H34N4O3S. The Bertz CT molecular complexity index is 805. The summed E-state index contributed by atoms with van der Waals surface area (Å²) >= 11 is 0. The minimum absolute atomic E-state index is 0.107. The molecule has 3 aliphatic rings. The average molecular weight is 435 g/mol. The first kappa shape index (κ1) is 21.6. The molecular weight excluding hydrogens is 400 g/mol. The van der Waals surface area contributed by atoms with Gasteiger partial charge in [0.2, 0.25) is 10.0 Å². The lowest BCUT2D eigenvalue weighted by Crippen LogP contribution is -2.52. The van der Waals surface area contributed by atoms with Crippen LogP contribution in [0, 0.1) is 0 Å². The monoisotopic (exact) mass is 434 g/mol. The van der Waals surface area contributed by atoms with Crippen molar-refractivity contribution in [3.8, 4) is 0 Å². The number of hydrogen-bond donors (Lipinski definition) is 1. The van der Waals surface area contributed by atoms with E-state index >= 15 is 0 Å². The van der Waals surface area contributed by atoms with Gasteiger partial charge in [0.25, 0.3) is 0 Å². The van der Waals surface area contributed by atoms with Crippen LogP contribution in [-0.2, 0) is 10.0 Å².